The summed E-state index contributed by atoms with van der Waals surface area (Å²) in [7, 11) is 2.68. The van der Waals surface area contributed by atoms with Crippen molar-refractivity contribution >= 4 is 8.80 Å². The van der Waals surface area contributed by atoms with Crippen molar-refractivity contribution in [2.75, 3.05) is 27.9 Å². The first-order chi connectivity index (χ1) is 6.66. The second-order valence-corrected chi connectivity index (χ2v) is 5.61. The number of aliphatic hydroxyl groups is 1. The van der Waals surface area contributed by atoms with Gasteiger partial charge in [0.1, 0.15) is 0 Å². The summed E-state index contributed by atoms with van der Waals surface area (Å²) < 4.78 is 15.5. The van der Waals surface area contributed by atoms with Gasteiger partial charge < -0.3 is 18.4 Å². The molecular weight excluding hydrogens is 200 g/mol. The van der Waals surface area contributed by atoms with Gasteiger partial charge in [0.15, 0.2) is 0 Å². The highest BCUT2D eigenvalue weighted by Gasteiger charge is 2.36. The molecule has 0 atom stereocenters. The van der Waals surface area contributed by atoms with Crippen LogP contribution in [0.5, 0.6) is 0 Å². The third-order valence-electron chi connectivity index (χ3n) is 1.62. The minimum atomic E-state index is -2.22. The smallest absolute Gasteiger partial charge is 0.392 e. The van der Waals surface area contributed by atoms with Gasteiger partial charge in [-0.3, -0.25) is 0 Å². The van der Waals surface area contributed by atoms with Gasteiger partial charge in [-0.15, -0.1) is 6.58 Å². The minimum Gasteiger partial charge on any atom is -0.392 e. The van der Waals surface area contributed by atoms with E-state index >= 15 is 0 Å². The largest absolute Gasteiger partial charge is 0.500 e. The number of aliphatic hydroxyl groups excluding tert-OH is 1. The molecule has 0 rings (SSSR count). The van der Waals surface area contributed by atoms with Crippen LogP contribution in [0.1, 0.15) is 13.3 Å². The van der Waals surface area contributed by atoms with Crippen LogP contribution in [0.25, 0.3) is 0 Å². The van der Waals surface area contributed by atoms with Crippen LogP contribution in [0, 0.1) is 0 Å². The van der Waals surface area contributed by atoms with Gasteiger partial charge >= 0.3 is 8.80 Å². The van der Waals surface area contributed by atoms with E-state index in [2.05, 4.69) is 13.5 Å². The summed E-state index contributed by atoms with van der Waals surface area (Å²) in [6.07, 6.45) is 2.46. The zero-order valence-corrected chi connectivity index (χ0v) is 10.6. The summed E-state index contributed by atoms with van der Waals surface area (Å²) in [6.45, 7) is 5.39. The molecule has 86 valence electrons. The average Bonchev–Trinajstić information content (AvgIpc) is 2.26. The van der Waals surface area contributed by atoms with Crippen LogP contribution < -0.4 is 0 Å². The molecule has 0 aromatic rings. The average molecular weight is 222 g/mol. The van der Waals surface area contributed by atoms with Crippen molar-refractivity contribution in [3.05, 3.63) is 12.7 Å². The molecule has 4 nitrogen and oxygen atoms in total. The summed E-state index contributed by atoms with van der Waals surface area (Å²) in [4.78, 5) is 0. The number of rotatable bonds is 6. The van der Waals surface area contributed by atoms with E-state index in [0.717, 1.165) is 12.5 Å². The van der Waals surface area contributed by atoms with Crippen molar-refractivity contribution in [1.29, 1.82) is 0 Å². The summed E-state index contributed by atoms with van der Waals surface area (Å²) in [5.41, 5.74) is 0. The molecular formula is C9H22O4Si. The van der Waals surface area contributed by atoms with Crippen LogP contribution >= 0.6 is 0 Å². The van der Waals surface area contributed by atoms with E-state index in [1.807, 2.05) is 0 Å². The molecule has 0 fully saturated rings. The van der Waals surface area contributed by atoms with Gasteiger partial charge in [-0.1, -0.05) is 19.4 Å². The van der Waals surface area contributed by atoms with Crippen LogP contribution in [0.15, 0.2) is 12.7 Å². The molecule has 0 aromatic carbocycles. The van der Waals surface area contributed by atoms with Crippen molar-refractivity contribution in [2.45, 2.75) is 19.4 Å². The van der Waals surface area contributed by atoms with Gasteiger partial charge in [-0.2, -0.15) is 0 Å². The Balaban J connectivity index is 0. The monoisotopic (exact) mass is 222 g/mol. The first kappa shape index (κ1) is 16.2. The predicted molar refractivity (Wildman–Crippen MR) is 59.2 cm³/mol. The van der Waals surface area contributed by atoms with E-state index in [-0.39, 0.29) is 6.61 Å². The van der Waals surface area contributed by atoms with E-state index in [1.165, 1.54) is 6.08 Å². The molecule has 0 heterocycles. The van der Waals surface area contributed by atoms with Gasteiger partial charge in [-0.25, -0.2) is 0 Å². The van der Waals surface area contributed by atoms with Crippen LogP contribution in [-0.4, -0.2) is 41.8 Å². The summed E-state index contributed by atoms with van der Waals surface area (Å²) in [5.74, 6) is 0. The molecule has 1 N–H and O–H groups in total. The number of hydrogen-bond donors (Lipinski definition) is 1. The molecule has 0 saturated heterocycles. The fourth-order valence-corrected chi connectivity index (χ4v) is 2.59. The fourth-order valence-electron chi connectivity index (χ4n) is 0.862. The number of hydrogen-bond acceptors (Lipinski definition) is 4. The second kappa shape index (κ2) is 10.9. The molecule has 0 radical (unpaired) electrons. The maximum atomic E-state index is 7.76. The van der Waals surface area contributed by atoms with Gasteiger partial charge in [0, 0.05) is 27.4 Å². The van der Waals surface area contributed by atoms with Crippen LogP contribution in [0.2, 0.25) is 6.04 Å². The molecule has 0 spiro atoms. The first-order valence-corrected chi connectivity index (χ1v) is 6.46. The molecule has 0 aliphatic rings. The maximum absolute atomic E-state index is 7.76. The van der Waals surface area contributed by atoms with Gasteiger partial charge in [-0.05, 0) is 0 Å². The Morgan fingerprint density at radius 1 is 1.21 bits per heavy atom. The lowest BCUT2D eigenvalue weighted by atomic mass is 10.6. The lowest BCUT2D eigenvalue weighted by molar-refractivity contribution is 0.123. The van der Waals surface area contributed by atoms with Gasteiger partial charge in [0.2, 0.25) is 0 Å². The third-order valence-corrected chi connectivity index (χ3v) is 4.60. The Morgan fingerprint density at radius 3 is 1.64 bits per heavy atom. The van der Waals surface area contributed by atoms with E-state index in [9.17, 15) is 0 Å². The van der Waals surface area contributed by atoms with E-state index < -0.39 is 8.80 Å². The quantitative estimate of drug-likeness (QED) is 0.546. The Bertz CT molecular complexity index is 118. The fraction of sp³-hybridized carbons (Fsp3) is 0.778. The normalized spacial score (nSPS) is 10.4. The molecule has 14 heavy (non-hydrogen) atoms. The van der Waals surface area contributed by atoms with Gasteiger partial charge in [0.25, 0.3) is 0 Å². The molecule has 0 aromatic heterocycles. The molecule has 0 unspecified atom stereocenters. The van der Waals surface area contributed by atoms with Crippen LogP contribution in [-0.2, 0) is 13.3 Å². The van der Waals surface area contributed by atoms with Crippen molar-refractivity contribution in [2.24, 2.45) is 0 Å². The summed E-state index contributed by atoms with van der Waals surface area (Å²) in [5, 5.41) is 7.76. The molecule has 0 amide bonds. The minimum absolute atomic E-state index is 0.0833. The summed E-state index contributed by atoms with van der Waals surface area (Å²) in [6, 6.07) is 0.885. The van der Waals surface area contributed by atoms with E-state index in [0.29, 0.717) is 0 Å². The molecule has 5 heteroatoms. The van der Waals surface area contributed by atoms with Crippen LogP contribution in [0.4, 0.5) is 0 Å². The predicted octanol–water partition coefficient (Wildman–Crippen LogP) is 1.44. The zero-order chi connectivity index (χ0) is 11.4. The maximum Gasteiger partial charge on any atom is 0.500 e. The van der Waals surface area contributed by atoms with E-state index in [1.54, 1.807) is 21.3 Å². The van der Waals surface area contributed by atoms with Crippen molar-refractivity contribution < 1.29 is 18.4 Å². The van der Waals surface area contributed by atoms with Crippen LogP contribution in [0.3, 0.4) is 0 Å². The SMILES string of the molecule is C=CCO.CCC[Si](OC)(OC)OC. The Labute approximate surface area is 87.9 Å². The molecule has 0 saturated carbocycles. The highest BCUT2D eigenvalue weighted by Crippen LogP contribution is 2.13. The molecule has 0 aliphatic heterocycles. The highest BCUT2D eigenvalue weighted by atomic mass is 28.4. The third kappa shape index (κ3) is 7.22. The molecule has 0 bridgehead atoms. The Hall–Kier alpha value is -0.203. The lowest BCUT2D eigenvalue weighted by Crippen LogP contribution is -2.42. The standard InChI is InChI=1S/C6H16O3Si.C3H6O/c1-5-6-10(7-2,8-3)9-4;1-2-3-4/h5-6H2,1-4H3;2,4H,1,3H2. The van der Waals surface area contributed by atoms with Crippen molar-refractivity contribution in [3.63, 3.8) is 0 Å². The van der Waals surface area contributed by atoms with Gasteiger partial charge in [0.05, 0.1) is 6.61 Å². The van der Waals surface area contributed by atoms with E-state index in [4.69, 9.17) is 18.4 Å². The molecule has 0 aliphatic carbocycles. The summed E-state index contributed by atoms with van der Waals surface area (Å²) >= 11 is 0. The lowest BCUT2D eigenvalue weighted by Gasteiger charge is -2.23. The highest BCUT2D eigenvalue weighted by molar-refractivity contribution is 6.60. The Morgan fingerprint density at radius 2 is 1.57 bits per heavy atom. The second-order valence-electron chi connectivity index (χ2n) is 2.52. The van der Waals surface area contributed by atoms with Crippen molar-refractivity contribution in [1.82, 2.24) is 0 Å². The Kier molecular flexibility index (Phi) is 12.6. The first-order valence-electron chi connectivity index (χ1n) is 4.53. The topological polar surface area (TPSA) is 47.9 Å². The van der Waals surface area contributed by atoms with Crippen molar-refractivity contribution in [3.8, 4) is 0 Å². The zero-order valence-electron chi connectivity index (χ0n) is 9.58.